The number of aromatic nitrogens is 1. The highest BCUT2D eigenvalue weighted by Gasteiger charge is 2.52. The molecule has 30 heavy (non-hydrogen) atoms. The minimum atomic E-state index is -1.17. The van der Waals surface area contributed by atoms with Crippen molar-refractivity contribution in [1.29, 1.82) is 0 Å². The molecule has 0 aliphatic heterocycles. The van der Waals surface area contributed by atoms with Crippen molar-refractivity contribution in [2.75, 3.05) is 7.11 Å². The normalized spacial score (nSPS) is 21.2. The van der Waals surface area contributed by atoms with Crippen LogP contribution in [-0.2, 0) is 9.53 Å². The number of aromatic hydroxyl groups is 1. The van der Waals surface area contributed by atoms with E-state index in [9.17, 15) is 19.4 Å². The first-order valence-corrected chi connectivity index (χ1v) is 10.1. The Kier molecular flexibility index (Phi) is 4.85. The van der Waals surface area contributed by atoms with Crippen molar-refractivity contribution in [2.45, 2.75) is 51.0 Å². The van der Waals surface area contributed by atoms with Crippen LogP contribution in [0.1, 0.15) is 55.3 Å². The van der Waals surface area contributed by atoms with Crippen molar-refractivity contribution < 1.29 is 24.1 Å². The SMILES string of the molecule is CO[C@]1(C(=O)O)C[C@H](c2c(C(C)C)n(-c3ccc(F)c(C)c3)c3ccc(O)cc32)C1. The van der Waals surface area contributed by atoms with Gasteiger partial charge in [-0.25, -0.2) is 9.18 Å². The van der Waals surface area contributed by atoms with Gasteiger partial charge in [-0.3, -0.25) is 0 Å². The zero-order chi connectivity index (χ0) is 21.8. The number of fused-ring (bicyclic) bond motifs is 1. The van der Waals surface area contributed by atoms with Crippen LogP contribution < -0.4 is 0 Å². The Morgan fingerprint density at radius 3 is 2.50 bits per heavy atom. The van der Waals surface area contributed by atoms with Crippen LogP contribution in [-0.4, -0.2) is 33.5 Å². The molecule has 5 nitrogen and oxygen atoms in total. The van der Waals surface area contributed by atoms with Crippen LogP contribution in [0.5, 0.6) is 5.75 Å². The summed E-state index contributed by atoms with van der Waals surface area (Å²) in [5.41, 5.74) is 3.21. The fraction of sp³-hybridized carbons (Fsp3) is 0.375. The summed E-state index contributed by atoms with van der Waals surface area (Å²) < 4.78 is 21.4. The number of benzene rings is 2. The molecule has 0 spiro atoms. The molecule has 0 saturated heterocycles. The summed E-state index contributed by atoms with van der Waals surface area (Å²) in [6, 6.07) is 10.3. The molecule has 0 unspecified atom stereocenters. The topological polar surface area (TPSA) is 71.7 Å². The van der Waals surface area contributed by atoms with Gasteiger partial charge in [0.05, 0.1) is 5.52 Å². The lowest BCUT2D eigenvalue weighted by Crippen LogP contribution is -2.51. The number of carboxylic acids is 1. The summed E-state index contributed by atoms with van der Waals surface area (Å²) in [5.74, 6) is -0.938. The average Bonchev–Trinajstić information content (AvgIpc) is 2.98. The minimum Gasteiger partial charge on any atom is -0.508 e. The van der Waals surface area contributed by atoms with Crippen LogP contribution in [0.4, 0.5) is 4.39 Å². The van der Waals surface area contributed by atoms with E-state index in [2.05, 4.69) is 18.4 Å². The molecule has 0 atom stereocenters. The highest BCUT2D eigenvalue weighted by atomic mass is 19.1. The van der Waals surface area contributed by atoms with E-state index in [0.717, 1.165) is 27.8 Å². The van der Waals surface area contributed by atoms with Crippen LogP contribution in [0, 0.1) is 12.7 Å². The van der Waals surface area contributed by atoms with Gasteiger partial charge in [0.25, 0.3) is 0 Å². The number of phenolic OH excluding ortho intramolecular Hbond substituents is 1. The molecule has 3 aromatic rings. The van der Waals surface area contributed by atoms with Crippen molar-refractivity contribution in [3.63, 3.8) is 0 Å². The van der Waals surface area contributed by atoms with Gasteiger partial charge in [-0.15, -0.1) is 0 Å². The third kappa shape index (κ3) is 2.98. The van der Waals surface area contributed by atoms with Crippen molar-refractivity contribution in [2.24, 2.45) is 0 Å². The van der Waals surface area contributed by atoms with Crippen molar-refractivity contribution in [3.8, 4) is 11.4 Å². The Morgan fingerprint density at radius 2 is 1.93 bits per heavy atom. The number of halogens is 1. The highest BCUT2D eigenvalue weighted by Crippen LogP contribution is 2.52. The molecule has 1 fully saturated rings. The number of ether oxygens (including phenoxy) is 1. The van der Waals surface area contributed by atoms with Crippen molar-refractivity contribution in [3.05, 3.63) is 59.0 Å². The molecule has 0 radical (unpaired) electrons. The van der Waals surface area contributed by atoms with Gasteiger partial charge < -0.3 is 19.5 Å². The van der Waals surface area contributed by atoms with Gasteiger partial charge in [0.1, 0.15) is 11.6 Å². The first kappa shape index (κ1) is 20.4. The number of methoxy groups -OCH3 is 1. The maximum absolute atomic E-state index is 13.9. The number of carboxylic acid groups (broad SMARTS) is 1. The highest BCUT2D eigenvalue weighted by molar-refractivity contribution is 5.90. The lowest BCUT2D eigenvalue weighted by Gasteiger charge is -2.43. The average molecular weight is 411 g/mol. The van der Waals surface area contributed by atoms with Gasteiger partial charge in [0.2, 0.25) is 0 Å². The molecule has 4 rings (SSSR count). The van der Waals surface area contributed by atoms with Crippen LogP contribution in [0.15, 0.2) is 36.4 Å². The van der Waals surface area contributed by atoms with E-state index in [0.29, 0.717) is 18.4 Å². The summed E-state index contributed by atoms with van der Waals surface area (Å²) >= 11 is 0. The van der Waals surface area contributed by atoms with Gasteiger partial charge in [-0.05, 0) is 79.1 Å². The molecule has 0 amide bonds. The quantitative estimate of drug-likeness (QED) is 0.601. The fourth-order valence-corrected chi connectivity index (χ4v) is 4.74. The number of aryl methyl sites for hydroxylation is 1. The number of aliphatic carboxylic acids is 1. The van der Waals surface area contributed by atoms with E-state index in [1.807, 2.05) is 12.1 Å². The monoisotopic (exact) mass is 411 g/mol. The lowest BCUT2D eigenvalue weighted by molar-refractivity contribution is -0.175. The Balaban J connectivity index is 1.97. The Bertz CT molecular complexity index is 1140. The van der Waals surface area contributed by atoms with Gasteiger partial charge in [-0.1, -0.05) is 13.8 Å². The molecule has 1 aliphatic rings. The Hall–Kier alpha value is -2.86. The standard InChI is InChI=1S/C24H26FNO4/c1-13(2)22-21(15-11-24(12-15,30-4)23(28)29)18-10-17(27)6-8-20(18)26(22)16-5-7-19(25)14(3)9-16/h5-10,13,15,27H,11-12H2,1-4H3,(H,28,29)/t15-,24+. The summed E-state index contributed by atoms with van der Waals surface area (Å²) in [6.45, 7) is 5.91. The van der Waals surface area contributed by atoms with Crippen LogP contribution in [0.25, 0.3) is 16.6 Å². The van der Waals surface area contributed by atoms with Gasteiger partial charge >= 0.3 is 5.97 Å². The van der Waals surface area contributed by atoms with Crippen molar-refractivity contribution >= 4 is 16.9 Å². The number of hydrogen-bond donors (Lipinski definition) is 2. The largest absolute Gasteiger partial charge is 0.508 e. The maximum atomic E-state index is 13.9. The van der Waals surface area contributed by atoms with Crippen LogP contribution >= 0.6 is 0 Å². The second-order valence-corrected chi connectivity index (χ2v) is 8.53. The molecule has 6 heteroatoms. The number of carbonyl (C=O) groups is 1. The second kappa shape index (κ2) is 7.13. The molecular formula is C24H26FNO4. The molecule has 158 valence electrons. The predicted molar refractivity (Wildman–Crippen MR) is 113 cm³/mol. The molecule has 2 N–H and O–H groups in total. The summed E-state index contributed by atoms with van der Waals surface area (Å²) in [7, 11) is 1.43. The van der Waals surface area contributed by atoms with Crippen LogP contribution in [0.3, 0.4) is 0 Å². The van der Waals surface area contributed by atoms with E-state index in [4.69, 9.17) is 4.74 Å². The van der Waals surface area contributed by atoms with Gasteiger partial charge in [0, 0.05) is 23.9 Å². The smallest absolute Gasteiger partial charge is 0.335 e. The van der Waals surface area contributed by atoms with E-state index >= 15 is 0 Å². The second-order valence-electron chi connectivity index (χ2n) is 8.53. The minimum absolute atomic E-state index is 0.00875. The zero-order valence-corrected chi connectivity index (χ0v) is 17.6. The third-order valence-corrected chi connectivity index (χ3v) is 6.32. The first-order valence-electron chi connectivity index (χ1n) is 10.1. The Morgan fingerprint density at radius 1 is 1.23 bits per heavy atom. The summed E-state index contributed by atoms with van der Waals surface area (Å²) in [4.78, 5) is 11.7. The molecular weight excluding hydrogens is 385 g/mol. The first-order chi connectivity index (χ1) is 14.2. The number of hydrogen-bond acceptors (Lipinski definition) is 3. The summed E-state index contributed by atoms with van der Waals surface area (Å²) in [6.07, 6.45) is 0.742. The molecule has 1 heterocycles. The third-order valence-electron chi connectivity index (χ3n) is 6.32. The zero-order valence-electron chi connectivity index (χ0n) is 17.6. The summed E-state index contributed by atoms with van der Waals surface area (Å²) in [5, 5.41) is 20.7. The number of rotatable bonds is 5. The van der Waals surface area contributed by atoms with E-state index in [1.54, 1.807) is 25.1 Å². The van der Waals surface area contributed by atoms with E-state index < -0.39 is 11.6 Å². The van der Waals surface area contributed by atoms with Gasteiger partial charge in [0.15, 0.2) is 5.60 Å². The molecule has 2 aromatic carbocycles. The van der Waals surface area contributed by atoms with Crippen LogP contribution in [0.2, 0.25) is 0 Å². The molecule has 0 bridgehead atoms. The van der Waals surface area contributed by atoms with E-state index in [-0.39, 0.29) is 23.4 Å². The molecule has 1 aliphatic carbocycles. The predicted octanol–water partition coefficient (Wildman–Crippen LogP) is 5.25. The fourth-order valence-electron chi connectivity index (χ4n) is 4.74. The number of nitrogens with zero attached hydrogens (tertiary/aromatic N) is 1. The maximum Gasteiger partial charge on any atom is 0.335 e. The van der Waals surface area contributed by atoms with Crippen molar-refractivity contribution in [1.82, 2.24) is 4.57 Å². The van der Waals surface area contributed by atoms with Gasteiger partial charge in [-0.2, -0.15) is 0 Å². The lowest BCUT2D eigenvalue weighted by atomic mass is 9.66. The number of phenols is 1. The van der Waals surface area contributed by atoms with E-state index in [1.165, 1.54) is 13.2 Å². The molecule has 1 saturated carbocycles. The molecule has 1 aromatic heterocycles. The Labute approximate surface area is 174 Å².